The molecular weight excluding hydrogens is 188 g/mol. The molecule has 0 radical (unpaired) electrons. The van der Waals surface area contributed by atoms with Crippen molar-refractivity contribution in [3.8, 4) is 18.1 Å². The molecule has 0 heterocycles. The van der Waals surface area contributed by atoms with E-state index >= 15 is 0 Å². The number of terminal acetylenes is 1. The number of benzene rings is 1. The minimum atomic E-state index is -0.0326. The number of hydrogen-bond donors (Lipinski definition) is 1. The summed E-state index contributed by atoms with van der Waals surface area (Å²) in [6.45, 7) is 0.160. The molecule has 1 aromatic rings. The van der Waals surface area contributed by atoms with Crippen molar-refractivity contribution in [2.24, 2.45) is 0 Å². The van der Waals surface area contributed by atoms with Crippen molar-refractivity contribution in [1.29, 1.82) is 0 Å². The summed E-state index contributed by atoms with van der Waals surface area (Å²) in [5.74, 6) is 2.88. The average Bonchev–Trinajstić information content (AvgIpc) is 2.16. The van der Waals surface area contributed by atoms with Gasteiger partial charge in [0.1, 0.15) is 12.4 Å². The summed E-state index contributed by atoms with van der Waals surface area (Å²) >= 11 is 5.84. The van der Waals surface area contributed by atoms with E-state index in [2.05, 4.69) is 5.92 Å². The molecule has 0 bridgehead atoms. The maximum absolute atomic E-state index is 8.80. The highest BCUT2D eigenvalue weighted by Gasteiger charge is 2.01. The highest BCUT2D eigenvalue weighted by atomic mass is 35.5. The van der Waals surface area contributed by atoms with Crippen LogP contribution in [0.4, 0.5) is 0 Å². The number of aliphatic hydroxyl groups is 1. The van der Waals surface area contributed by atoms with Gasteiger partial charge in [-0.15, -0.1) is 6.42 Å². The fraction of sp³-hybridized carbons (Fsp3) is 0.200. The van der Waals surface area contributed by atoms with Gasteiger partial charge in [-0.25, -0.2) is 0 Å². The Morgan fingerprint density at radius 1 is 1.54 bits per heavy atom. The van der Waals surface area contributed by atoms with Crippen molar-refractivity contribution in [3.63, 3.8) is 0 Å². The first-order chi connectivity index (χ1) is 6.27. The first kappa shape index (κ1) is 9.91. The van der Waals surface area contributed by atoms with E-state index in [1.165, 1.54) is 0 Å². The first-order valence-electron chi connectivity index (χ1n) is 3.73. The molecule has 3 heteroatoms. The van der Waals surface area contributed by atoms with E-state index in [9.17, 15) is 0 Å². The topological polar surface area (TPSA) is 29.5 Å². The second kappa shape index (κ2) is 4.76. The minimum Gasteiger partial charge on any atom is -0.479 e. The van der Waals surface area contributed by atoms with Crippen LogP contribution >= 0.6 is 11.6 Å². The van der Waals surface area contributed by atoms with Gasteiger partial charge in [-0.2, -0.15) is 0 Å². The molecule has 1 aromatic carbocycles. The third kappa shape index (κ3) is 2.66. The fourth-order valence-electron chi connectivity index (χ4n) is 0.879. The predicted molar refractivity (Wildman–Crippen MR) is 51.7 cm³/mol. The predicted octanol–water partition coefficient (Wildman–Crippen LogP) is 1.84. The standard InChI is InChI=1S/C10H9ClO2/c1-2-5-13-10-4-3-8(7-12)6-9(10)11/h1,3-4,6,12H,5,7H2. The van der Waals surface area contributed by atoms with Crippen LogP contribution in [-0.2, 0) is 6.61 Å². The summed E-state index contributed by atoms with van der Waals surface area (Å²) in [6, 6.07) is 5.07. The van der Waals surface area contributed by atoms with Gasteiger partial charge in [0.2, 0.25) is 0 Å². The molecule has 0 aliphatic carbocycles. The Morgan fingerprint density at radius 2 is 2.31 bits per heavy atom. The molecule has 0 amide bonds. The second-order valence-corrected chi connectivity index (χ2v) is 2.82. The lowest BCUT2D eigenvalue weighted by molar-refractivity contribution is 0.281. The summed E-state index contributed by atoms with van der Waals surface area (Å²) in [6.07, 6.45) is 5.02. The van der Waals surface area contributed by atoms with Crippen LogP contribution in [0.1, 0.15) is 5.56 Å². The molecule has 68 valence electrons. The van der Waals surface area contributed by atoms with E-state index in [4.69, 9.17) is 27.9 Å². The van der Waals surface area contributed by atoms with Crippen LogP contribution in [0.2, 0.25) is 5.02 Å². The van der Waals surface area contributed by atoms with Crippen LogP contribution in [0, 0.1) is 12.3 Å². The van der Waals surface area contributed by atoms with Crippen molar-refractivity contribution in [3.05, 3.63) is 28.8 Å². The number of ether oxygens (including phenoxy) is 1. The van der Waals surface area contributed by atoms with E-state index in [1.807, 2.05) is 0 Å². The Balaban J connectivity index is 2.80. The third-order valence-electron chi connectivity index (χ3n) is 1.49. The number of halogens is 1. The molecule has 1 N–H and O–H groups in total. The minimum absolute atomic E-state index is 0.0326. The fourth-order valence-corrected chi connectivity index (χ4v) is 1.14. The van der Waals surface area contributed by atoms with Gasteiger partial charge in [-0.05, 0) is 17.7 Å². The molecule has 0 saturated carbocycles. The van der Waals surface area contributed by atoms with Gasteiger partial charge in [0.25, 0.3) is 0 Å². The van der Waals surface area contributed by atoms with Gasteiger partial charge in [0.05, 0.1) is 11.6 Å². The van der Waals surface area contributed by atoms with Crippen molar-refractivity contribution in [2.45, 2.75) is 6.61 Å². The monoisotopic (exact) mass is 196 g/mol. The van der Waals surface area contributed by atoms with E-state index < -0.39 is 0 Å². The van der Waals surface area contributed by atoms with Crippen LogP contribution in [-0.4, -0.2) is 11.7 Å². The molecule has 0 spiro atoms. The largest absolute Gasteiger partial charge is 0.479 e. The van der Waals surface area contributed by atoms with Crippen molar-refractivity contribution in [2.75, 3.05) is 6.61 Å². The van der Waals surface area contributed by atoms with Crippen molar-refractivity contribution < 1.29 is 9.84 Å². The van der Waals surface area contributed by atoms with Crippen LogP contribution in [0.3, 0.4) is 0 Å². The maximum atomic E-state index is 8.80. The highest BCUT2D eigenvalue weighted by molar-refractivity contribution is 6.32. The van der Waals surface area contributed by atoms with E-state index in [-0.39, 0.29) is 13.2 Å². The molecule has 13 heavy (non-hydrogen) atoms. The van der Waals surface area contributed by atoms with Gasteiger partial charge >= 0.3 is 0 Å². The van der Waals surface area contributed by atoms with E-state index in [0.29, 0.717) is 10.8 Å². The zero-order valence-corrected chi connectivity index (χ0v) is 7.71. The molecule has 0 unspecified atom stereocenters. The molecule has 0 aliphatic heterocycles. The quantitative estimate of drug-likeness (QED) is 0.748. The Labute approximate surface area is 82.1 Å². The maximum Gasteiger partial charge on any atom is 0.148 e. The number of hydrogen-bond acceptors (Lipinski definition) is 2. The molecule has 2 nitrogen and oxygen atoms in total. The molecule has 0 atom stereocenters. The smallest absolute Gasteiger partial charge is 0.148 e. The normalized spacial score (nSPS) is 9.31. The Hall–Kier alpha value is -1.17. The highest BCUT2D eigenvalue weighted by Crippen LogP contribution is 2.25. The summed E-state index contributed by atoms with van der Waals surface area (Å²) in [4.78, 5) is 0. The lowest BCUT2D eigenvalue weighted by atomic mass is 10.2. The summed E-state index contributed by atoms with van der Waals surface area (Å²) < 4.78 is 5.14. The van der Waals surface area contributed by atoms with Crippen molar-refractivity contribution in [1.82, 2.24) is 0 Å². The van der Waals surface area contributed by atoms with Gasteiger partial charge in [0, 0.05) is 0 Å². The third-order valence-corrected chi connectivity index (χ3v) is 1.79. The molecule has 0 aromatic heterocycles. The first-order valence-corrected chi connectivity index (χ1v) is 4.11. The Morgan fingerprint density at radius 3 is 2.85 bits per heavy atom. The summed E-state index contributed by atoms with van der Waals surface area (Å²) in [5, 5.41) is 9.26. The molecule has 0 aliphatic rings. The van der Waals surface area contributed by atoms with Gasteiger partial charge in [-0.1, -0.05) is 23.6 Å². The average molecular weight is 197 g/mol. The second-order valence-electron chi connectivity index (χ2n) is 2.42. The zero-order valence-electron chi connectivity index (χ0n) is 6.96. The zero-order chi connectivity index (χ0) is 9.68. The SMILES string of the molecule is C#CCOc1ccc(CO)cc1Cl. The Kier molecular flexibility index (Phi) is 3.63. The van der Waals surface area contributed by atoms with Crippen LogP contribution in [0.5, 0.6) is 5.75 Å². The van der Waals surface area contributed by atoms with E-state index in [0.717, 1.165) is 5.56 Å². The Bertz CT molecular complexity index is 328. The number of rotatable bonds is 3. The van der Waals surface area contributed by atoms with Gasteiger partial charge in [0.15, 0.2) is 0 Å². The molecule has 0 fully saturated rings. The van der Waals surface area contributed by atoms with Gasteiger partial charge < -0.3 is 9.84 Å². The van der Waals surface area contributed by atoms with Crippen molar-refractivity contribution >= 4 is 11.6 Å². The van der Waals surface area contributed by atoms with Crippen LogP contribution < -0.4 is 4.74 Å². The molecule has 1 rings (SSSR count). The number of aliphatic hydroxyl groups excluding tert-OH is 1. The van der Waals surface area contributed by atoms with Gasteiger partial charge in [-0.3, -0.25) is 0 Å². The lowest BCUT2D eigenvalue weighted by Gasteiger charge is -2.05. The summed E-state index contributed by atoms with van der Waals surface area (Å²) in [7, 11) is 0. The molecular formula is C10H9ClO2. The summed E-state index contributed by atoms with van der Waals surface area (Å²) in [5.41, 5.74) is 0.748. The van der Waals surface area contributed by atoms with Crippen LogP contribution in [0.15, 0.2) is 18.2 Å². The van der Waals surface area contributed by atoms with Crippen LogP contribution in [0.25, 0.3) is 0 Å². The lowest BCUT2D eigenvalue weighted by Crippen LogP contribution is -1.94. The molecule has 0 saturated heterocycles. The van der Waals surface area contributed by atoms with E-state index in [1.54, 1.807) is 18.2 Å².